The van der Waals surface area contributed by atoms with Crippen LogP contribution >= 0.6 is 0 Å². The molecule has 5 rings (SSSR count). The molecular weight excluding hydrogens is 364 g/mol. The summed E-state index contributed by atoms with van der Waals surface area (Å²) in [5.41, 5.74) is 2.02. The summed E-state index contributed by atoms with van der Waals surface area (Å²) in [6.45, 7) is 4.11. The fourth-order valence-electron chi connectivity index (χ4n) is 4.35. The SMILES string of the molecule is c1ccc2c(c1)ncn2-c1cc(N2CCOCC2)nc(NCC2CCCCC2)n1. The Morgan fingerprint density at radius 1 is 1.00 bits per heavy atom. The van der Waals surface area contributed by atoms with Gasteiger partial charge >= 0.3 is 0 Å². The highest BCUT2D eigenvalue weighted by molar-refractivity contribution is 5.77. The van der Waals surface area contributed by atoms with Crippen molar-refractivity contribution in [2.75, 3.05) is 43.1 Å². The van der Waals surface area contributed by atoms with Crippen molar-refractivity contribution >= 4 is 22.8 Å². The smallest absolute Gasteiger partial charge is 0.226 e. The van der Waals surface area contributed by atoms with Crippen LogP contribution in [-0.2, 0) is 4.74 Å². The fraction of sp³-hybridized carbons (Fsp3) is 0.500. The average Bonchev–Trinajstić information content (AvgIpc) is 3.23. The third-order valence-corrected chi connectivity index (χ3v) is 6.01. The van der Waals surface area contributed by atoms with Gasteiger partial charge in [-0.3, -0.25) is 4.57 Å². The van der Waals surface area contributed by atoms with Crippen LogP contribution in [0.2, 0.25) is 0 Å². The number of nitrogens with one attached hydrogen (secondary N) is 1. The second-order valence-corrected chi connectivity index (χ2v) is 8.00. The number of ether oxygens (including phenoxy) is 1. The summed E-state index contributed by atoms with van der Waals surface area (Å²) in [7, 11) is 0. The van der Waals surface area contributed by atoms with Gasteiger partial charge in [0.05, 0.1) is 24.2 Å². The lowest BCUT2D eigenvalue weighted by Crippen LogP contribution is -2.37. The monoisotopic (exact) mass is 392 g/mol. The number of morpholine rings is 1. The first kappa shape index (κ1) is 18.4. The largest absolute Gasteiger partial charge is 0.378 e. The summed E-state index contributed by atoms with van der Waals surface area (Å²) < 4.78 is 7.57. The second-order valence-electron chi connectivity index (χ2n) is 8.00. The number of benzene rings is 1. The van der Waals surface area contributed by atoms with E-state index in [1.54, 1.807) is 0 Å². The third kappa shape index (κ3) is 4.05. The van der Waals surface area contributed by atoms with E-state index in [4.69, 9.17) is 14.7 Å². The Kier molecular flexibility index (Phi) is 5.30. The molecular formula is C22H28N6O. The first-order chi connectivity index (χ1) is 14.4. The first-order valence-electron chi connectivity index (χ1n) is 10.7. The van der Waals surface area contributed by atoms with Crippen LogP contribution in [0.4, 0.5) is 11.8 Å². The molecule has 7 nitrogen and oxygen atoms in total. The zero-order valence-electron chi connectivity index (χ0n) is 16.8. The lowest BCUT2D eigenvalue weighted by molar-refractivity contribution is 0.122. The van der Waals surface area contributed by atoms with Crippen molar-refractivity contribution < 1.29 is 4.74 Å². The number of fused-ring (bicyclic) bond motifs is 1. The number of rotatable bonds is 5. The van der Waals surface area contributed by atoms with Crippen LogP contribution in [0, 0.1) is 5.92 Å². The standard InChI is InChI=1S/C22H28N6O/c1-2-6-17(7-3-1)15-23-22-25-20(27-10-12-29-13-11-27)14-21(26-22)28-16-24-18-8-4-5-9-19(18)28/h4-5,8-9,14,16-17H,1-3,6-7,10-13,15H2,(H,23,25,26). The van der Waals surface area contributed by atoms with Crippen LogP contribution in [0.15, 0.2) is 36.7 Å². The maximum Gasteiger partial charge on any atom is 0.226 e. The van der Waals surface area contributed by atoms with Crippen molar-refractivity contribution in [3.63, 3.8) is 0 Å². The molecule has 1 aromatic carbocycles. The van der Waals surface area contributed by atoms with Crippen LogP contribution in [0.3, 0.4) is 0 Å². The Morgan fingerprint density at radius 3 is 2.66 bits per heavy atom. The summed E-state index contributed by atoms with van der Waals surface area (Å²) in [6.07, 6.45) is 8.50. The van der Waals surface area contributed by atoms with E-state index >= 15 is 0 Å². The maximum absolute atomic E-state index is 5.52. The zero-order chi connectivity index (χ0) is 19.5. The van der Waals surface area contributed by atoms with Crippen LogP contribution in [0.5, 0.6) is 0 Å². The van der Waals surface area contributed by atoms with Crippen LogP contribution in [-0.4, -0.2) is 52.4 Å². The van der Waals surface area contributed by atoms with Crippen molar-refractivity contribution in [1.29, 1.82) is 0 Å². The molecule has 1 saturated heterocycles. The number of imidazole rings is 1. The van der Waals surface area contributed by atoms with Crippen LogP contribution in [0.25, 0.3) is 16.9 Å². The molecule has 152 valence electrons. The Hall–Kier alpha value is -2.67. The van der Waals surface area contributed by atoms with Crippen LogP contribution in [0.1, 0.15) is 32.1 Å². The molecule has 0 unspecified atom stereocenters. The molecule has 2 fully saturated rings. The van der Waals surface area contributed by atoms with E-state index in [0.717, 1.165) is 61.4 Å². The van der Waals surface area contributed by atoms with E-state index in [1.165, 1.54) is 32.1 Å². The maximum atomic E-state index is 5.52. The van der Waals surface area contributed by atoms with Gasteiger partial charge in [-0.1, -0.05) is 31.4 Å². The van der Waals surface area contributed by atoms with E-state index in [2.05, 4.69) is 27.3 Å². The van der Waals surface area contributed by atoms with Crippen LogP contribution < -0.4 is 10.2 Å². The van der Waals surface area contributed by atoms with Crippen molar-refractivity contribution in [2.45, 2.75) is 32.1 Å². The summed E-state index contributed by atoms with van der Waals surface area (Å²) in [5, 5.41) is 3.53. The van der Waals surface area contributed by atoms with E-state index in [1.807, 2.05) is 29.1 Å². The predicted molar refractivity (Wildman–Crippen MR) is 115 cm³/mol. The van der Waals surface area contributed by atoms with Gasteiger partial charge in [-0.05, 0) is 30.9 Å². The number of nitrogens with zero attached hydrogens (tertiary/aromatic N) is 5. The minimum Gasteiger partial charge on any atom is -0.378 e. The normalized spacial score (nSPS) is 18.3. The summed E-state index contributed by atoms with van der Waals surface area (Å²) in [5.74, 6) is 3.22. The van der Waals surface area contributed by atoms with E-state index in [-0.39, 0.29) is 0 Å². The molecule has 0 radical (unpaired) electrons. The lowest BCUT2D eigenvalue weighted by atomic mass is 9.89. The molecule has 0 amide bonds. The molecule has 2 aromatic heterocycles. The molecule has 1 N–H and O–H groups in total. The number of para-hydroxylation sites is 2. The predicted octanol–water partition coefficient (Wildman–Crippen LogP) is 3.64. The third-order valence-electron chi connectivity index (χ3n) is 6.01. The number of hydrogen-bond donors (Lipinski definition) is 1. The molecule has 0 atom stereocenters. The Labute approximate surface area is 171 Å². The molecule has 7 heteroatoms. The number of aromatic nitrogens is 4. The first-order valence-corrected chi connectivity index (χ1v) is 10.7. The van der Waals surface area contributed by atoms with E-state index < -0.39 is 0 Å². The van der Waals surface area contributed by atoms with Gasteiger partial charge in [-0.15, -0.1) is 0 Å². The Balaban J connectivity index is 1.47. The molecule has 2 aliphatic rings. The van der Waals surface area contributed by atoms with Gasteiger partial charge in [-0.2, -0.15) is 9.97 Å². The number of hydrogen-bond acceptors (Lipinski definition) is 6. The van der Waals surface area contributed by atoms with E-state index in [9.17, 15) is 0 Å². The molecule has 1 saturated carbocycles. The van der Waals surface area contributed by atoms with Crippen molar-refractivity contribution in [2.24, 2.45) is 5.92 Å². The second kappa shape index (κ2) is 8.37. The van der Waals surface area contributed by atoms with Gasteiger partial charge < -0.3 is 15.0 Å². The Bertz CT molecular complexity index is 959. The highest BCUT2D eigenvalue weighted by Crippen LogP contribution is 2.25. The van der Waals surface area contributed by atoms with Gasteiger partial charge in [0.15, 0.2) is 0 Å². The minimum atomic E-state index is 0.701. The molecule has 0 spiro atoms. The molecule has 29 heavy (non-hydrogen) atoms. The molecule has 3 heterocycles. The highest BCUT2D eigenvalue weighted by Gasteiger charge is 2.18. The van der Waals surface area contributed by atoms with Crippen molar-refractivity contribution in [3.8, 4) is 5.82 Å². The van der Waals surface area contributed by atoms with Crippen molar-refractivity contribution in [1.82, 2.24) is 19.5 Å². The van der Waals surface area contributed by atoms with Gasteiger partial charge in [0.1, 0.15) is 18.0 Å². The molecule has 0 bridgehead atoms. The molecule has 1 aliphatic heterocycles. The lowest BCUT2D eigenvalue weighted by Gasteiger charge is -2.28. The summed E-state index contributed by atoms with van der Waals surface area (Å²) in [4.78, 5) is 16.5. The molecule has 1 aliphatic carbocycles. The average molecular weight is 393 g/mol. The quantitative estimate of drug-likeness (QED) is 0.715. The van der Waals surface area contributed by atoms with Crippen molar-refractivity contribution in [3.05, 3.63) is 36.7 Å². The fourth-order valence-corrected chi connectivity index (χ4v) is 4.35. The minimum absolute atomic E-state index is 0.701. The van der Waals surface area contributed by atoms with Gasteiger partial charge in [-0.25, -0.2) is 4.98 Å². The van der Waals surface area contributed by atoms with Gasteiger partial charge in [0.25, 0.3) is 0 Å². The highest BCUT2D eigenvalue weighted by atomic mass is 16.5. The Morgan fingerprint density at radius 2 is 1.79 bits per heavy atom. The zero-order valence-corrected chi connectivity index (χ0v) is 16.8. The number of anilines is 2. The summed E-state index contributed by atoms with van der Waals surface area (Å²) >= 11 is 0. The van der Waals surface area contributed by atoms with Gasteiger partial charge in [0.2, 0.25) is 5.95 Å². The van der Waals surface area contributed by atoms with E-state index in [0.29, 0.717) is 5.95 Å². The summed E-state index contributed by atoms with van der Waals surface area (Å²) in [6, 6.07) is 10.2. The molecule has 3 aromatic rings. The topological polar surface area (TPSA) is 68.1 Å². The van der Waals surface area contributed by atoms with Gasteiger partial charge in [0, 0.05) is 25.7 Å².